The van der Waals surface area contributed by atoms with Gasteiger partial charge >= 0.3 is 11.8 Å². The highest BCUT2D eigenvalue weighted by Crippen LogP contribution is 2.16. The number of rotatable bonds is 10. The van der Waals surface area contributed by atoms with Gasteiger partial charge in [-0.25, -0.2) is 5.43 Å². The second kappa shape index (κ2) is 13.3. The summed E-state index contributed by atoms with van der Waals surface area (Å²) >= 11 is 0. The molecule has 36 heavy (non-hydrogen) atoms. The maximum atomic E-state index is 12.1. The first-order valence-electron chi connectivity index (χ1n) is 11.4. The Bertz CT molecular complexity index is 1210. The van der Waals surface area contributed by atoms with Crippen molar-refractivity contribution in [3.05, 3.63) is 83.9 Å². The highest BCUT2D eigenvalue weighted by Gasteiger charge is 2.13. The molecule has 0 bridgehead atoms. The minimum absolute atomic E-state index is 0.170. The summed E-state index contributed by atoms with van der Waals surface area (Å²) in [6, 6.07) is 21.0. The van der Waals surface area contributed by atoms with E-state index in [9.17, 15) is 14.4 Å². The van der Waals surface area contributed by atoms with Crippen molar-refractivity contribution < 1.29 is 23.9 Å². The largest absolute Gasteiger partial charge is 0.494 e. The number of carbonyl (C=O) groups excluding carboxylic acids is 3. The first-order valence-corrected chi connectivity index (χ1v) is 11.4. The molecule has 0 heterocycles. The van der Waals surface area contributed by atoms with Crippen molar-refractivity contribution >= 4 is 35.3 Å². The van der Waals surface area contributed by atoms with Crippen LogP contribution in [-0.2, 0) is 14.4 Å². The lowest BCUT2D eigenvalue weighted by Gasteiger charge is -2.08. The lowest BCUT2D eigenvalue weighted by molar-refractivity contribution is -0.136. The summed E-state index contributed by atoms with van der Waals surface area (Å²) in [5, 5.41) is 9.06. The number of nitrogens with one attached hydrogen (secondary N) is 3. The smallest absolute Gasteiger partial charge is 0.329 e. The van der Waals surface area contributed by atoms with E-state index in [1.807, 2.05) is 38.1 Å². The van der Waals surface area contributed by atoms with Gasteiger partial charge in [0.05, 0.1) is 12.8 Å². The van der Waals surface area contributed by atoms with Gasteiger partial charge in [0, 0.05) is 11.4 Å². The van der Waals surface area contributed by atoms with Crippen molar-refractivity contribution in [3.63, 3.8) is 0 Å². The van der Waals surface area contributed by atoms with Crippen molar-refractivity contribution in [2.24, 2.45) is 5.10 Å². The fraction of sp³-hybridized carbons (Fsp3) is 0.185. The molecule has 0 saturated carbocycles. The molecule has 9 nitrogen and oxygen atoms in total. The van der Waals surface area contributed by atoms with Gasteiger partial charge in [-0.2, -0.15) is 5.10 Å². The molecule has 0 spiro atoms. The molecule has 9 heteroatoms. The van der Waals surface area contributed by atoms with Gasteiger partial charge in [-0.15, -0.1) is 0 Å². The summed E-state index contributed by atoms with van der Waals surface area (Å²) in [6.07, 6.45) is 2.26. The van der Waals surface area contributed by atoms with E-state index >= 15 is 0 Å². The Kier molecular flexibility index (Phi) is 9.58. The average Bonchev–Trinajstić information content (AvgIpc) is 2.88. The summed E-state index contributed by atoms with van der Waals surface area (Å²) in [7, 11) is 0. The van der Waals surface area contributed by atoms with Crippen LogP contribution in [0.4, 0.5) is 11.4 Å². The fourth-order valence-electron chi connectivity index (χ4n) is 2.93. The van der Waals surface area contributed by atoms with Gasteiger partial charge in [0.1, 0.15) is 11.5 Å². The zero-order valence-electron chi connectivity index (χ0n) is 20.1. The molecule has 3 aromatic rings. The SMILES string of the molecule is CCCOc1ccc(NC(=O)C(=O)N/N=C\c2cccc(OCC(=O)Nc3ccc(C)cc3)c2)cc1. The molecule has 3 aromatic carbocycles. The minimum Gasteiger partial charge on any atom is -0.494 e. The summed E-state index contributed by atoms with van der Waals surface area (Å²) in [5.41, 5.74) is 5.03. The molecule has 0 aliphatic carbocycles. The molecular weight excluding hydrogens is 460 g/mol. The van der Waals surface area contributed by atoms with E-state index in [0.29, 0.717) is 35.0 Å². The van der Waals surface area contributed by atoms with E-state index in [-0.39, 0.29) is 12.5 Å². The Hall–Kier alpha value is -4.66. The molecule has 0 saturated heterocycles. The predicted octanol–water partition coefficient (Wildman–Crippen LogP) is 3.89. The molecule has 0 fully saturated rings. The predicted molar refractivity (Wildman–Crippen MR) is 138 cm³/mol. The van der Waals surface area contributed by atoms with Crippen LogP contribution < -0.4 is 25.5 Å². The van der Waals surface area contributed by atoms with Crippen LogP contribution in [0.1, 0.15) is 24.5 Å². The molecule has 0 radical (unpaired) electrons. The standard InChI is InChI=1S/C27H28N4O5/c1-3-15-35-23-13-11-22(12-14-23)30-26(33)27(34)31-28-17-20-5-4-6-24(16-20)36-18-25(32)29-21-9-7-19(2)8-10-21/h4-14,16-17H,3,15,18H2,1-2H3,(H,29,32)(H,30,33)(H,31,34)/b28-17-. The third-order valence-electron chi connectivity index (χ3n) is 4.73. The first-order chi connectivity index (χ1) is 17.4. The maximum absolute atomic E-state index is 12.1. The quantitative estimate of drug-likeness (QED) is 0.227. The number of hydrogen-bond donors (Lipinski definition) is 3. The Balaban J connectivity index is 1.44. The Labute approximate surface area is 209 Å². The van der Waals surface area contributed by atoms with Crippen LogP contribution in [-0.4, -0.2) is 37.1 Å². The van der Waals surface area contributed by atoms with Crippen molar-refractivity contribution in [2.45, 2.75) is 20.3 Å². The van der Waals surface area contributed by atoms with E-state index < -0.39 is 11.8 Å². The summed E-state index contributed by atoms with van der Waals surface area (Å²) in [4.78, 5) is 36.2. The lowest BCUT2D eigenvalue weighted by atomic mass is 10.2. The van der Waals surface area contributed by atoms with Gasteiger partial charge in [0.2, 0.25) is 0 Å². The summed E-state index contributed by atoms with van der Waals surface area (Å²) < 4.78 is 11.0. The normalized spacial score (nSPS) is 10.5. The number of ether oxygens (including phenoxy) is 2. The highest BCUT2D eigenvalue weighted by atomic mass is 16.5. The third-order valence-corrected chi connectivity index (χ3v) is 4.73. The summed E-state index contributed by atoms with van der Waals surface area (Å²) in [5.74, 6) is -0.932. The second-order valence-electron chi connectivity index (χ2n) is 7.80. The number of aryl methyl sites for hydroxylation is 1. The van der Waals surface area contributed by atoms with E-state index in [4.69, 9.17) is 9.47 Å². The number of hydrazone groups is 1. The zero-order chi connectivity index (χ0) is 25.8. The van der Waals surface area contributed by atoms with Gasteiger partial charge in [-0.1, -0.05) is 36.8 Å². The van der Waals surface area contributed by atoms with Crippen molar-refractivity contribution in [2.75, 3.05) is 23.8 Å². The van der Waals surface area contributed by atoms with Crippen LogP contribution in [0, 0.1) is 6.92 Å². The van der Waals surface area contributed by atoms with Gasteiger partial charge in [0.25, 0.3) is 5.91 Å². The third kappa shape index (κ3) is 8.60. The maximum Gasteiger partial charge on any atom is 0.329 e. The van der Waals surface area contributed by atoms with Crippen molar-refractivity contribution in [1.29, 1.82) is 0 Å². The van der Waals surface area contributed by atoms with Crippen LogP contribution in [0.15, 0.2) is 77.9 Å². The topological polar surface area (TPSA) is 118 Å². The monoisotopic (exact) mass is 488 g/mol. The highest BCUT2D eigenvalue weighted by molar-refractivity contribution is 6.39. The van der Waals surface area contributed by atoms with Crippen molar-refractivity contribution in [1.82, 2.24) is 5.43 Å². The molecule has 3 amide bonds. The number of anilines is 2. The molecule has 0 aliphatic heterocycles. The number of benzene rings is 3. The minimum atomic E-state index is -0.919. The van der Waals surface area contributed by atoms with Crippen LogP contribution in [0.2, 0.25) is 0 Å². The van der Waals surface area contributed by atoms with Crippen LogP contribution in [0.25, 0.3) is 0 Å². The van der Waals surface area contributed by atoms with Gasteiger partial charge in [0.15, 0.2) is 6.61 Å². The molecule has 0 atom stereocenters. The van der Waals surface area contributed by atoms with Crippen molar-refractivity contribution in [3.8, 4) is 11.5 Å². The zero-order valence-corrected chi connectivity index (χ0v) is 20.1. The fourth-order valence-corrected chi connectivity index (χ4v) is 2.93. The lowest BCUT2D eigenvalue weighted by Crippen LogP contribution is -2.32. The molecule has 0 aliphatic rings. The van der Waals surface area contributed by atoms with E-state index in [1.54, 1.807) is 48.5 Å². The molecular formula is C27H28N4O5. The molecule has 0 aromatic heterocycles. The average molecular weight is 489 g/mol. The van der Waals surface area contributed by atoms with E-state index in [2.05, 4.69) is 21.2 Å². The van der Waals surface area contributed by atoms with Crippen LogP contribution in [0.5, 0.6) is 11.5 Å². The Morgan fingerprint density at radius 1 is 0.833 bits per heavy atom. The molecule has 186 valence electrons. The first kappa shape index (κ1) is 26.0. The number of carbonyl (C=O) groups is 3. The molecule has 0 unspecified atom stereocenters. The number of amides is 3. The van der Waals surface area contributed by atoms with Gasteiger partial charge in [-0.3, -0.25) is 14.4 Å². The Morgan fingerprint density at radius 3 is 2.25 bits per heavy atom. The Morgan fingerprint density at radius 2 is 1.53 bits per heavy atom. The second-order valence-corrected chi connectivity index (χ2v) is 7.80. The number of nitrogens with zero attached hydrogens (tertiary/aromatic N) is 1. The van der Waals surface area contributed by atoms with Gasteiger partial charge in [-0.05, 0) is 67.4 Å². The number of hydrogen-bond acceptors (Lipinski definition) is 6. The molecule has 3 rings (SSSR count). The van der Waals surface area contributed by atoms with E-state index in [1.165, 1.54) is 6.21 Å². The summed E-state index contributed by atoms with van der Waals surface area (Å²) in [6.45, 7) is 4.41. The van der Waals surface area contributed by atoms with Crippen LogP contribution in [0.3, 0.4) is 0 Å². The van der Waals surface area contributed by atoms with Crippen LogP contribution >= 0.6 is 0 Å². The molecule has 3 N–H and O–H groups in total. The van der Waals surface area contributed by atoms with E-state index in [0.717, 1.165) is 12.0 Å². The van der Waals surface area contributed by atoms with Gasteiger partial charge < -0.3 is 20.1 Å².